The zero-order valence-corrected chi connectivity index (χ0v) is 17.9. The lowest BCUT2D eigenvalue weighted by atomic mass is 9.92. The standard InChI is InChI=1S/C21H22F3N5O4/c1-12(2)31-19(30)21(5-7-25-8-6-21)33-18-14-10-28-29(17(14)26-11-27-18)16-4-3-13(9-15(16)22)32-20(23)24/h3-4,9-12,20,25H,5-8H2,1-2H3. The topological polar surface area (TPSA) is 100 Å². The summed E-state index contributed by atoms with van der Waals surface area (Å²) < 4.78 is 56.4. The molecule has 0 saturated carbocycles. The van der Waals surface area contributed by atoms with Crippen LogP contribution < -0.4 is 14.8 Å². The molecule has 0 unspecified atom stereocenters. The second kappa shape index (κ2) is 9.22. The monoisotopic (exact) mass is 465 g/mol. The highest BCUT2D eigenvalue weighted by Crippen LogP contribution is 2.32. The van der Waals surface area contributed by atoms with Crippen LogP contribution in [0.5, 0.6) is 11.6 Å². The number of benzene rings is 1. The van der Waals surface area contributed by atoms with Crippen molar-refractivity contribution in [1.82, 2.24) is 25.1 Å². The Kier molecular flexibility index (Phi) is 6.36. The van der Waals surface area contributed by atoms with Crippen LogP contribution in [0.1, 0.15) is 26.7 Å². The molecule has 3 heterocycles. The van der Waals surface area contributed by atoms with Gasteiger partial charge in [-0.3, -0.25) is 0 Å². The maximum absolute atomic E-state index is 14.6. The summed E-state index contributed by atoms with van der Waals surface area (Å²) in [6.45, 7) is 1.55. The molecule has 0 spiro atoms. The van der Waals surface area contributed by atoms with E-state index in [0.29, 0.717) is 31.3 Å². The molecule has 9 nitrogen and oxygen atoms in total. The number of ether oxygens (including phenoxy) is 3. The number of rotatable bonds is 7. The minimum Gasteiger partial charge on any atom is -0.460 e. The Hall–Kier alpha value is -3.41. The second-order valence-corrected chi connectivity index (χ2v) is 7.76. The van der Waals surface area contributed by atoms with Crippen LogP contribution in [0, 0.1) is 5.82 Å². The number of alkyl halides is 2. The number of fused-ring (bicyclic) bond motifs is 1. The molecule has 0 amide bonds. The minimum atomic E-state index is -3.07. The van der Waals surface area contributed by atoms with Crippen molar-refractivity contribution in [1.29, 1.82) is 0 Å². The predicted octanol–water partition coefficient (Wildman–Crippen LogP) is 3.01. The van der Waals surface area contributed by atoms with Crippen LogP contribution >= 0.6 is 0 Å². The number of piperidine rings is 1. The number of carbonyl (C=O) groups is 1. The normalized spacial score (nSPS) is 15.7. The fourth-order valence-corrected chi connectivity index (χ4v) is 3.60. The third-order valence-corrected chi connectivity index (χ3v) is 5.12. The van der Waals surface area contributed by atoms with E-state index in [1.807, 2.05) is 0 Å². The molecular formula is C21H22F3N5O4. The highest BCUT2D eigenvalue weighted by Gasteiger charge is 2.45. The Balaban J connectivity index is 1.69. The lowest BCUT2D eigenvalue weighted by molar-refractivity contribution is -0.169. The second-order valence-electron chi connectivity index (χ2n) is 7.76. The summed E-state index contributed by atoms with van der Waals surface area (Å²) in [6.07, 6.45) is 3.03. The highest BCUT2D eigenvalue weighted by atomic mass is 19.3. The molecule has 1 saturated heterocycles. The van der Waals surface area contributed by atoms with E-state index < -0.39 is 24.0 Å². The van der Waals surface area contributed by atoms with Gasteiger partial charge in [0.2, 0.25) is 11.5 Å². The van der Waals surface area contributed by atoms with Crippen molar-refractivity contribution < 1.29 is 32.2 Å². The van der Waals surface area contributed by atoms with Crippen LogP contribution in [0.15, 0.2) is 30.7 Å². The van der Waals surface area contributed by atoms with Crippen LogP contribution in [0.4, 0.5) is 13.2 Å². The zero-order chi connectivity index (χ0) is 23.6. The highest BCUT2D eigenvalue weighted by molar-refractivity contribution is 5.84. The molecule has 12 heteroatoms. The van der Waals surface area contributed by atoms with Gasteiger partial charge in [0, 0.05) is 18.9 Å². The summed E-state index contributed by atoms with van der Waals surface area (Å²) in [5.74, 6) is -1.54. The van der Waals surface area contributed by atoms with E-state index in [1.54, 1.807) is 13.8 Å². The van der Waals surface area contributed by atoms with Crippen molar-refractivity contribution in [2.24, 2.45) is 0 Å². The van der Waals surface area contributed by atoms with Gasteiger partial charge in [0.15, 0.2) is 11.5 Å². The molecule has 1 aliphatic rings. The van der Waals surface area contributed by atoms with Crippen molar-refractivity contribution in [2.75, 3.05) is 13.1 Å². The van der Waals surface area contributed by atoms with Gasteiger partial charge in [-0.15, -0.1) is 0 Å². The Morgan fingerprint density at radius 1 is 1.21 bits per heavy atom. The smallest absolute Gasteiger partial charge is 0.387 e. The van der Waals surface area contributed by atoms with Gasteiger partial charge in [0.1, 0.15) is 23.2 Å². The number of hydrogen-bond acceptors (Lipinski definition) is 8. The van der Waals surface area contributed by atoms with Gasteiger partial charge in [0.25, 0.3) is 0 Å². The Morgan fingerprint density at radius 3 is 2.64 bits per heavy atom. The molecule has 33 heavy (non-hydrogen) atoms. The minimum absolute atomic E-state index is 0.0351. The number of aromatic nitrogens is 4. The van der Waals surface area contributed by atoms with Crippen molar-refractivity contribution in [2.45, 2.75) is 45.0 Å². The quantitative estimate of drug-likeness (QED) is 0.532. The van der Waals surface area contributed by atoms with Gasteiger partial charge in [0.05, 0.1) is 12.3 Å². The maximum atomic E-state index is 14.6. The van der Waals surface area contributed by atoms with Crippen LogP contribution in [0.2, 0.25) is 0 Å². The molecule has 2 aromatic heterocycles. The summed E-state index contributed by atoms with van der Waals surface area (Å²) in [7, 11) is 0. The Labute approximate surface area is 186 Å². The summed E-state index contributed by atoms with van der Waals surface area (Å²) in [4.78, 5) is 21.2. The molecule has 0 atom stereocenters. The van der Waals surface area contributed by atoms with E-state index in [-0.39, 0.29) is 29.1 Å². The molecule has 0 radical (unpaired) electrons. The fraction of sp³-hybridized carbons (Fsp3) is 0.429. The SMILES string of the molecule is CC(C)OC(=O)C1(Oc2ncnc3c2cnn3-c2ccc(OC(F)F)cc2F)CCNCC1. The summed E-state index contributed by atoms with van der Waals surface area (Å²) in [5.41, 5.74) is -1.06. The molecule has 3 aromatic rings. The van der Waals surface area contributed by atoms with Crippen molar-refractivity contribution in [3.63, 3.8) is 0 Å². The first-order valence-corrected chi connectivity index (χ1v) is 10.3. The average Bonchev–Trinajstić information content (AvgIpc) is 3.18. The lowest BCUT2D eigenvalue weighted by Crippen LogP contribution is -2.53. The van der Waals surface area contributed by atoms with Crippen LogP contribution in [-0.2, 0) is 9.53 Å². The summed E-state index contributed by atoms with van der Waals surface area (Å²) in [6, 6.07) is 3.28. The summed E-state index contributed by atoms with van der Waals surface area (Å²) in [5, 5.41) is 7.69. The number of nitrogens with one attached hydrogen (secondary N) is 1. The molecular weight excluding hydrogens is 443 g/mol. The van der Waals surface area contributed by atoms with Crippen LogP contribution in [0.3, 0.4) is 0 Å². The molecule has 0 aliphatic carbocycles. The van der Waals surface area contributed by atoms with Gasteiger partial charge in [-0.2, -0.15) is 13.9 Å². The fourth-order valence-electron chi connectivity index (χ4n) is 3.60. The number of halogens is 3. The predicted molar refractivity (Wildman–Crippen MR) is 110 cm³/mol. The number of nitrogens with zero attached hydrogens (tertiary/aromatic N) is 4. The molecule has 1 fully saturated rings. The first-order chi connectivity index (χ1) is 15.8. The average molecular weight is 465 g/mol. The zero-order valence-electron chi connectivity index (χ0n) is 17.9. The van der Waals surface area contributed by atoms with Gasteiger partial charge >= 0.3 is 12.6 Å². The first kappa shape index (κ1) is 22.8. The van der Waals surface area contributed by atoms with Crippen molar-refractivity contribution >= 4 is 17.0 Å². The number of hydrogen-bond donors (Lipinski definition) is 1. The van der Waals surface area contributed by atoms with Crippen molar-refractivity contribution in [3.8, 4) is 17.3 Å². The van der Waals surface area contributed by atoms with Crippen LogP contribution in [-0.4, -0.2) is 57.1 Å². The lowest BCUT2D eigenvalue weighted by Gasteiger charge is -2.35. The molecule has 4 rings (SSSR count). The van der Waals surface area contributed by atoms with E-state index in [0.717, 1.165) is 6.07 Å². The van der Waals surface area contributed by atoms with Gasteiger partial charge < -0.3 is 19.5 Å². The van der Waals surface area contributed by atoms with Crippen LogP contribution in [0.25, 0.3) is 16.7 Å². The van der Waals surface area contributed by atoms with Gasteiger partial charge in [-0.05, 0) is 39.1 Å². The molecule has 1 aromatic carbocycles. The molecule has 176 valence electrons. The largest absolute Gasteiger partial charge is 0.460 e. The van der Waals surface area contributed by atoms with E-state index in [1.165, 1.54) is 29.3 Å². The van der Waals surface area contributed by atoms with E-state index in [2.05, 4.69) is 25.1 Å². The third kappa shape index (κ3) is 4.70. The number of carbonyl (C=O) groups excluding carboxylic acids is 1. The van der Waals surface area contributed by atoms with E-state index in [9.17, 15) is 18.0 Å². The van der Waals surface area contributed by atoms with Gasteiger partial charge in [-0.1, -0.05) is 0 Å². The molecule has 1 N–H and O–H groups in total. The maximum Gasteiger partial charge on any atom is 0.387 e. The van der Waals surface area contributed by atoms with E-state index >= 15 is 0 Å². The third-order valence-electron chi connectivity index (χ3n) is 5.12. The first-order valence-electron chi connectivity index (χ1n) is 10.3. The van der Waals surface area contributed by atoms with E-state index in [4.69, 9.17) is 9.47 Å². The molecule has 1 aliphatic heterocycles. The molecule has 0 bridgehead atoms. The number of esters is 1. The Bertz CT molecular complexity index is 1150. The Morgan fingerprint density at radius 2 is 1.97 bits per heavy atom. The summed E-state index contributed by atoms with van der Waals surface area (Å²) >= 11 is 0. The van der Waals surface area contributed by atoms with Crippen molar-refractivity contribution in [3.05, 3.63) is 36.5 Å². The van der Waals surface area contributed by atoms with Gasteiger partial charge in [-0.25, -0.2) is 23.8 Å².